The maximum absolute atomic E-state index is 12.2. The van der Waals surface area contributed by atoms with E-state index in [4.69, 9.17) is 9.47 Å². The Morgan fingerprint density at radius 2 is 0.923 bits per heavy atom. The van der Waals surface area contributed by atoms with E-state index in [0.717, 1.165) is 64.2 Å². The molecular weight excluding hydrogens is 492 g/mol. The molecule has 6 nitrogen and oxygen atoms in total. The predicted octanol–water partition coefficient (Wildman–Crippen LogP) is 9.96. The molecule has 6 heteroatoms. The average molecular weight is 551 g/mol. The summed E-state index contributed by atoms with van der Waals surface area (Å²) < 4.78 is 12.2. The van der Waals surface area contributed by atoms with Crippen molar-refractivity contribution in [1.29, 1.82) is 0 Å². The zero-order valence-corrected chi connectivity index (χ0v) is 25.3. The first kappa shape index (κ1) is 34.9. The number of phenols is 2. The molecule has 39 heavy (non-hydrogen) atoms. The molecule has 3 N–H and O–H groups in total. The summed E-state index contributed by atoms with van der Waals surface area (Å²) in [6.07, 6.45) is 22.8. The van der Waals surface area contributed by atoms with Crippen LogP contribution in [0.1, 0.15) is 165 Å². The highest BCUT2D eigenvalue weighted by atomic mass is 16.5. The van der Waals surface area contributed by atoms with Gasteiger partial charge in [0.25, 0.3) is 0 Å². The van der Waals surface area contributed by atoms with Crippen molar-refractivity contribution in [2.75, 3.05) is 13.2 Å². The van der Waals surface area contributed by atoms with Gasteiger partial charge in [-0.25, -0.2) is 4.79 Å². The van der Waals surface area contributed by atoms with Crippen LogP contribution in [0.2, 0.25) is 0 Å². The van der Waals surface area contributed by atoms with E-state index in [1.165, 1.54) is 64.2 Å². The number of unbranched alkanes of at least 4 members (excludes halogenated alkanes) is 17. The molecular formula is C33H58O6. The maximum atomic E-state index is 12.2. The SMILES string of the molecule is CCCCCCCCCOc1c(O)c(O)c(C(=O)O)c(CCCCCCCC)c1OCCCCCCCCC. The number of rotatable bonds is 26. The van der Waals surface area contributed by atoms with E-state index in [9.17, 15) is 20.1 Å². The van der Waals surface area contributed by atoms with Gasteiger partial charge in [0.05, 0.1) is 13.2 Å². The van der Waals surface area contributed by atoms with Crippen molar-refractivity contribution in [3.8, 4) is 23.0 Å². The number of carboxylic acid groups (broad SMARTS) is 1. The molecule has 1 aromatic rings. The van der Waals surface area contributed by atoms with Gasteiger partial charge < -0.3 is 24.8 Å². The molecule has 0 saturated heterocycles. The molecule has 0 fully saturated rings. The van der Waals surface area contributed by atoms with E-state index >= 15 is 0 Å². The average Bonchev–Trinajstić information content (AvgIpc) is 2.92. The lowest BCUT2D eigenvalue weighted by Crippen LogP contribution is -2.11. The lowest BCUT2D eigenvalue weighted by Gasteiger charge is -2.21. The molecule has 1 rings (SSSR count). The minimum atomic E-state index is -1.26. The van der Waals surface area contributed by atoms with E-state index in [1.807, 2.05) is 0 Å². The number of aromatic carboxylic acids is 1. The first-order chi connectivity index (χ1) is 19.0. The molecule has 0 bridgehead atoms. The summed E-state index contributed by atoms with van der Waals surface area (Å²) in [5, 5.41) is 31.4. The lowest BCUT2D eigenvalue weighted by molar-refractivity contribution is 0.0690. The molecule has 226 valence electrons. The number of ether oxygens (including phenoxy) is 2. The fraction of sp³-hybridized carbons (Fsp3) is 0.788. The third-order valence-corrected chi connectivity index (χ3v) is 7.44. The van der Waals surface area contributed by atoms with Crippen LogP contribution in [-0.2, 0) is 6.42 Å². The van der Waals surface area contributed by atoms with Gasteiger partial charge in [-0.05, 0) is 25.7 Å². The highest BCUT2D eigenvalue weighted by Gasteiger charge is 2.29. The summed E-state index contributed by atoms with van der Waals surface area (Å²) >= 11 is 0. The number of carboxylic acids is 1. The molecule has 0 aliphatic rings. The number of hydrogen-bond acceptors (Lipinski definition) is 5. The standard InChI is InChI=1S/C33H58O6/c1-4-7-10-13-16-19-22-25-38-31-27(24-21-18-15-12-9-6-3)28(33(36)37)29(34)30(35)32(31)39-26-23-20-17-14-11-8-5-2/h34-35H,4-26H2,1-3H3,(H,36,37). The van der Waals surface area contributed by atoms with Crippen molar-refractivity contribution >= 4 is 5.97 Å². The Morgan fingerprint density at radius 3 is 1.36 bits per heavy atom. The summed E-state index contributed by atoms with van der Waals surface area (Å²) in [4.78, 5) is 12.2. The smallest absolute Gasteiger partial charge is 0.340 e. The highest BCUT2D eigenvalue weighted by molar-refractivity contribution is 5.96. The molecule has 0 saturated carbocycles. The normalized spacial score (nSPS) is 11.2. The van der Waals surface area contributed by atoms with Crippen molar-refractivity contribution in [1.82, 2.24) is 0 Å². The van der Waals surface area contributed by atoms with Gasteiger partial charge in [-0.15, -0.1) is 0 Å². The summed E-state index contributed by atoms with van der Waals surface area (Å²) in [7, 11) is 0. The molecule has 0 radical (unpaired) electrons. The number of phenolic OH excluding ortho intramolecular Hbond substituents is 1. The van der Waals surface area contributed by atoms with Gasteiger partial charge in [0.15, 0.2) is 11.5 Å². The van der Waals surface area contributed by atoms with Crippen LogP contribution in [0.25, 0.3) is 0 Å². The van der Waals surface area contributed by atoms with Gasteiger partial charge in [-0.1, -0.05) is 130 Å². The Labute approximate surface area is 238 Å². The Balaban J connectivity index is 2.98. The van der Waals surface area contributed by atoms with E-state index in [1.54, 1.807) is 0 Å². The van der Waals surface area contributed by atoms with E-state index in [2.05, 4.69) is 20.8 Å². The van der Waals surface area contributed by atoms with Crippen LogP contribution >= 0.6 is 0 Å². The van der Waals surface area contributed by atoms with Crippen molar-refractivity contribution in [3.05, 3.63) is 11.1 Å². The summed E-state index contributed by atoms with van der Waals surface area (Å²) in [6.45, 7) is 7.41. The molecule has 0 amide bonds. The largest absolute Gasteiger partial charge is 0.504 e. The monoisotopic (exact) mass is 550 g/mol. The molecule has 0 aliphatic heterocycles. The van der Waals surface area contributed by atoms with Crippen molar-refractivity contribution in [2.24, 2.45) is 0 Å². The van der Waals surface area contributed by atoms with Gasteiger partial charge >= 0.3 is 5.97 Å². The van der Waals surface area contributed by atoms with E-state index in [-0.39, 0.29) is 11.3 Å². The number of hydrogen-bond donors (Lipinski definition) is 3. The fourth-order valence-corrected chi connectivity index (χ4v) is 5.03. The zero-order valence-electron chi connectivity index (χ0n) is 25.3. The van der Waals surface area contributed by atoms with Crippen LogP contribution in [0.4, 0.5) is 0 Å². The second-order valence-corrected chi connectivity index (χ2v) is 11.0. The first-order valence-corrected chi connectivity index (χ1v) is 16.1. The van der Waals surface area contributed by atoms with Gasteiger partial charge in [0.1, 0.15) is 5.56 Å². The molecule has 0 heterocycles. The summed E-state index contributed by atoms with van der Waals surface area (Å²) in [5.74, 6) is -2.03. The minimum Gasteiger partial charge on any atom is -0.504 e. The van der Waals surface area contributed by atoms with Crippen LogP contribution in [0.3, 0.4) is 0 Å². The lowest BCUT2D eigenvalue weighted by atomic mass is 9.97. The van der Waals surface area contributed by atoms with Gasteiger partial charge in [-0.3, -0.25) is 0 Å². The predicted molar refractivity (Wildman–Crippen MR) is 161 cm³/mol. The summed E-state index contributed by atoms with van der Waals surface area (Å²) in [5.41, 5.74) is 0.171. The zero-order chi connectivity index (χ0) is 28.7. The van der Waals surface area contributed by atoms with Crippen LogP contribution in [0.15, 0.2) is 0 Å². The van der Waals surface area contributed by atoms with E-state index < -0.39 is 17.5 Å². The third kappa shape index (κ3) is 14.2. The molecule has 0 aliphatic carbocycles. The van der Waals surface area contributed by atoms with Crippen LogP contribution in [-0.4, -0.2) is 34.5 Å². The Morgan fingerprint density at radius 1 is 0.538 bits per heavy atom. The maximum Gasteiger partial charge on any atom is 0.340 e. The van der Waals surface area contributed by atoms with Gasteiger partial charge in [0, 0.05) is 5.56 Å². The number of benzene rings is 1. The highest BCUT2D eigenvalue weighted by Crippen LogP contribution is 2.49. The Kier molecular flexibility index (Phi) is 20.3. The van der Waals surface area contributed by atoms with Gasteiger partial charge in [-0.2, -0.15) is 0 Å². The van der Waals surface area contributed by atoms with Crippen LogP contribution in [0.5, 0.6) is 23.0 Å². The van der Waals surface area contributed by atoms with Crippen molar-refractivity contribution in [3.63, 3.8) is 0 Å². The Bertz CT molecular complexity index is 776. The summed E-state index contributed by atoms with van der Waals surface area (Å²) in [6, 6.07) is 0. The molecule has 0 spiro atoms. The van der Waals surface area contributed by atoms with E-state index in [0.29, 0.717) is 30.9 Å². The van der Waals surface area contributed by atoms with Gasteiger partial charge in [0.2, 0.25) is 11.5 Å². The second kappa shape index (κ2) is 22.7. The minimum absolute atomic E-state index is 0.0902. The molecule has 0 aromatic heterocycles. The number of carbonyl (C=O) groups is 1. The topological polar surface area (TPSA) is 96.2 Å². The first-order valence-electron chi connectivity index (χ1n) is 16.1. The second-order valence-electron chi connectivity index (χ2n) is 11.0. The molecule has 0 unspecified atom stereocenters. The van der Waals surface area contributed by atoms with Crippen molar-refractivity contribution in [2.45, 2.75) is 156 Å². The number of aromatic hydroxyl groups is 2. The quantitative estimate of drug-likeness (QED) is 0.0784. The van der Waals surface area contributed by atoms with Crippen LogP contribution in [0, 0.1) is 0 Å². The fourth-order valence-electron chi connectivity index (χ4n) is 5.03. The van der Waals surface area contributed by atoms with Crippen molar-refractivity contribution < 1.29 is 29.6 Å². The van der Waals surface area contributed by atoms with Crippen LogP contribution < -0.4 is 9.47 Å². The molecule has 1 aromatic carbocycles. The Hall–Kier alpha value is -2.11. The molecule has 0 atom stereocenters. The third-order valence-electron chi connectivity index (χ3n) is 7.44.